The van der Waals surface area contributed by atoms with Gasteiger partial charge in [0.15, 0.2) is 5.78 Å². The molecule has 0 unspecified atom stereocenters. The molecule has 3 nitrogen and oxygen atoms in total. The fraction of sp³-hybridized carbons (Fsp3) is 0.500. The number of carbonyl (C=O) groups excluding carboxylic acids is 1. The Bertz CT molecular complexity index is 366. The van der Waals surface area contributed by atoms with E-state index >= 15 is 0 Å². The lowest BCUT2D eigenvalue weighted by Crippen LogP contribution is -2.43. The molecular formula is C14H20N2O. The van der Waals surface area contributed by atoms with Gasteiger partial charge >= 0.3 is 0 Å². The third-order valence-corrected chi connectivity index (χ3v) is 3.15. The lowest BCUT2D eigenvalue weighted by Gasteiger charge is -2.29. The number of hydrogen-bond donors (Lipinski definition) is 1. The van der Waals surface area contributed by atoms with Gasteiger partial charge < -0.3 is 10.2 Å². The Kier molecular flexibility index (Phi) is 4.15. The highest BCUT2D eigenvalue weighted by Crippen LogP contribution is 2.16. The van der Waals surface area contributed by atoms with Gasteiger partial charge in [-0.15, -0.1) is 0 Å². The van der Waals surface area contributed by atoms with E-state index in [1.807, 2.05) is 19.1 Å². The fourth-order valence-corrected chi connectivity index (χ4v) is 2.15. The van der Waals surface area contributed by atoms with Crippen molar-refractivity contribution in [2.75, 3.05) is 31.1 Å². The van der Waals surface area contributed by atoms with Crippen molar-refractivity contribution >= 4 is 11.5 Å². The van der Waals surface area contributed by atoms with Gasteiger partial charge in [0.25, 0.3) is 0 Å². The van der Waals surface area contributed by atoms with E-state index < -0.39 is 0 Å². The van der Waals surface area contributed by atoms with Crippen LogP contribution in [0.4, 0.5) is 5.69 Å². The minimum absolute atomic E-state index is 0.249. The standard InChI is InChI=1S/C14H20N2O/c1-2-3-14(17)12-4-6-13(7-5-12)16-10-8-15-9-11-16/h4-7,15H,2-3,8-11H2,1H3. The quantitative estimate of drug-likeness (QED) is 0.807. The van der Waals surface area contributed by atoms with Crippen molar-refractivity contribution in [3.05, 3.63) is 29.8 Å². The zero-order valence-corrected chi connectivity index (χ0v) is 10.4. The second-order valence-electron chi connectivity index (χ2n) is 4.46. The molecule has 1 N–H and O–H groups in total. The normalized spacial score (nSPS) is 15.9. The minimum Gasteiger partial charge on any atom is -0.369 e. The van der Waals surface area contributed by atoms with Crippen molar-refractivity contribution in [3.63, 3.8) is 0 Å². The number of nitrogens with zero attached hydrogens (tertiary/aromatic N) is 1. The van der Waals surface area contributed by atoms with Crippen molar-refractivity contribution in [3.8, 4) is 0 Å². The van der Waals surface area contributed by atoms with Gasteiger partial charge in [0.05, 0.1) is 0 Å². The maximum atomic E-state index is 11.7. The summed E-state index contributed by atoms with van der Waals surface area (Å²) in [5.41, 5.74) is 2.06. The Morgan fingerprint density at radius 1 is 1.24 bits per heavy atom. The number of anilines is 1. The monoisotopic (exact) mass is 232 g/mol. The van der Waals surface area contributed by atoms with E-state index in [-0.39, 0.29) is 5.78 Å². The van der Waals surface area contributed by atoms with Crippen molar-refractivity contribution in [2.24, 2.45) is 0 Å². The molecule has 0 spiro atoms. The fourth-order valence-electron chi connectivity index (χ4n) is 2.15. The summed E-state index contributed by atoms with van der Waals surface area (Å²) >= 11 is 0. The average Bonchev–Trinajstić information content (AvgIpc) is 2.40. The first-order valence-corrected chi connectivity index (χ1v) is 6.40. The van der Waals surface area contributed by atoms with Crippen LogP contribution in [0, 0.1) is 0 Å². The summed E-state index contributed by atoms with van der Waals surface area (Å²) in [5, 5.41) is 3.34. The van der Waals surface area contributed by atoms with E-state index in [4.69, 9.17) is 0 Å². The van der Waals surface area contributed by atoms with Crippen molar-refractivity contribution in [1.82, 2.24) is 5.32 Å². The molecule has 0 atom stereocenters. The minimum atomic E-state index is 0.249. The number of hydrogen-bond acceptors (Lipinski definition) is 3. The number of benzene rings is 1. The zero-order valence-electron chi connectivity index (χ0n) is 10.4. The highest BCUT2D eigenvalue weighted by atomic mass is 16.1. The molecule has 1 aliphatic rings. The molecular weight excluding hydrogens is 212 g/mol. The van der Waals surface area contributed by atoms with Crippen molar-refractivity contribution < 1.29 is 4.79 Å². The Morgan fingerprint density at radius 3 is 2.47 bits per heavy atom. The number of rotatable bonds is 4. The van der Waals surface area contributed by atoms with E-state index in [9.17, 15) is 4.79 Å². The first-order chi connectivity index (χ1) is 8.31. The van der Waals surface area contributed by atoms with Crippen LogP contribution in [0.3, 0.4) is 0 Å². The summed E-state index contributed by atoms with van der Waals surface area (Å²) in [7, 11) is 0. The molecule has 1 heterocycles. The number of Topliss-reactive ketones (excluding diaryl/α,β-unsaturated/α-hetero) is 1. The van der Waals surface area contributed by atoms with Crippen LogP contribution >= 0.6 is 0 Å². The lowest BCUT2D eigenvalue weighted by atomic mass is 10.1. The number of ketones is 1. The molecule has 1 saturated heterocycles. The molecule has 0 aliphatic carbocycles. The van der Waals surface area contributed by atoms with Gasteiger partial charge in [-0.05, 0) is 30.7 Å². The van der Waals surface area contributed by atoms with Crippen molar-refractivity contribution in [2.45, 2.75) is 19.8 Å². The maximum absolute atomic E-state index is 11.7. The van der Waals surface area contributed by atoms with Gasteiger partial charge in [-0.1, -0.05) is 6.92 Å². The second kappa shape index (κ2) is 5.82. The van der Waals surface area contributed by atoms with E-state index in [2.05, 4.69) is 22.3 Å². The topological polar surface area (TPSA) is 32.3 Å². The first-order valence-electron chi connectivity index (χ1n) is 6.40. The molecule has 0 bridgehead atoms. The van der Waals surface area contributed by atoms with E-state index in [0.29, 0.717) is 6.42 Å². The van der Waals surface area contributed by atoms with Gasteiger partial charge in [0.1, 0.15) is 0 Å². The Morgan fingerprint density at radius 2 is 1.88 bits per heavy atom. The molecule has 3 heteroatoms. The van der Waals surface area contributed by atoms with Crippen LogP contribution in [0.5, 0.6) is 0 Å². The molecule has 0 aromatic heterocycles. The largest absolute Gasteiger partial charge is 0.369 e. The third kappa shape index (κ3) is 3.07. The molecule has 0 radical (unpaired) electrons. The summed E-state index contributed by atoms with van der Waals surface area (Å²) in [4.78, 5) is 14.1. The summed E-state index contributed by atoms with van der Waals surface area (Å²) in [5.74, 6) is 0.249. The van der Waals surface area contributed by atoms with Crippen LogP contribution in [0.1, 0.15) is 30.1 Å². The molecule has 1 aromatic rings. The molecule has 1 aromatic carbocycles. The number of carbonyl (C=O) groups is 1. The van der Waals surface area contributed by atoms with E-state index in [1.165, 1.54) is 5.69 Å². The van der Waals surface area contributed by atoms with Gasteiger partial charge in [0.2, 0.25) is 0 Å². The predicted molar refractivity (Wildman–Crippen MR) is 70.8 cm³/mol. The molecule has 1 aliphatic heterocycles. The average molecular weight is 232 g/mol. The lowest BCUT2D eigenvalue weighted by molar-refractivity contribution is 0.0982. The highest BCUT2D eigenvalue weighted by Gasteiger charge is 2.11. The zero-order chi connectivity index (χ0) is 12.1. The van der Waals surface area contributed by atoms with Crippen LogP contribution in [-0.4, -0.2) is 32.0 Å². The van der Waals surface area contributed by atoms with Gasteiger partial charge in [-0.3, -0.25) is 4.79 Å². The maximum Gasteiger partial charge on any atom is 0.162 e. The SMILES string of the molecule is CCCC(=O)c1ccc(N2CCNCC2)cc1. The predicted octanol–water partition coefficient (Wildman–Crippen LogP) is 2.08. The first kappa shape index (κ1) is 12.1. The van der Waals surface area contributed by atoms with Crippen LogP contribution in [-0.2, 0) is 0 Å². The third-order valence-electron chi connectivity index (χ3n) is 3.15. The van der Waals surface area contributed by atoms with Gasteiger partial charge in [-0.2, -0.15) is 0 Å². The summed E-state index contributed by atoms with van der Waals surface area (Å²) < 4.78 is 0. The second-order valence-corrected chi connectivity index (χ2v) is 4.46. The Hall–Kier alpha value is -1.35. The molecule has 0 saturated carbocycles. The van der Waals surface area contributed by atoms with E-state index in [1.54, 1.807) is 0 Å². The van der Waals surface area contributed by atoms with Gasteiger partial charge in [0, 0.05) is 43.9 Å². The summed E-state index contributed by atoms with van der Waals surface area (Å²) in [6.45, 7) is 6.20. The molecule has 2 rings (SSSR count). The molecule has 17 heavy (non-hydrogen) atoms. The summed E-state index contributed by atoms with van der Waals surface area (Å²) in [6.07, 6.45) is 1.56. The smallest absolute Gasteiger partial charge is 0.162 e. The van der Waals surface area contributed by atoms with Crippen molar-refractivity contribution in [1.29, 1.82) is 0 Å². The van der Waals surface area contributed by atoms with Gasteiger partial charge in [-0.25, -0.2) is 0 Å². The molecule has 1 fully saturated rings. The van der Waals surface area contributed by atoms with Crippen LogP contribution in [0.25, 0.3) is 0 Å². The molecule has 92 valence electrons. The Balaban J connectivity index is 2.04. The number of nitrogens with one attached hydrogen (secondary N) is 1. The number of piperazine rings is 1. The summed E-state index contributed by atoms with van der Waals surface area (Å²) in [6, 6.07) is 8.03. The highest BCUT2D eigenvalue weighted by molar-refractivity contribution is 5.96. The van der Waals surface area contributed by atoms with Crippen LogP contribution < -0.4 is 10.2 Å². The van der Waals surface area contributed by atoms with E-state index in [0.717, 1.165) is 38.2 Å². The van der Waals surface area contributed by atoms with Crippen LogP contribution in [0.2, 0.25) is 0 Å². The molecule has 0 amide bonds. The Labute approximate surface area is 103 Å². The van der Waals surface area contributed by atoms with Crippen LogP contribution in [0.15, 0.2) is 24.3 Å².